The Morgan fingerprint density at radius 2 is 1.80 bits per heavy atom. The average molecular weight is 237 g/mol. The van der Waals surface area contributed by atoms with Gasteiger partial charge in [-0.3, -0.25) is 4.79 Å². The van der Waals surface area contributed by atoms with Crippen LogP contribution < -0.4 is 11.1 Å². The van der Waals surface area contributed by atoms with Gasteiger partial charge in [0.2, 0.25) is 5.91 Å². The van der Waals surface area contributed by atoms with Crippen molar-refractivity contribution in [1.29, 1.82) is 0 Å². The second-order valence-corrected chi connectivity index (χ2v) is 5.19. The van der Waals surface area contributed by atoms with Gasteiger partial charge in [-0.25, -0.2) is 0 Å². The lowest BCUT2D eigenvalue weighted by molar-refractivity contribution is -0.122. The van der Waals surface area contributed by atoms with E-state index in [1.165, 1.54) is 0 Å². The summed E-state index contributed by atoms with van der Waals surface area (Å²) in [7, 11) is 0. The molecule has 1 atom stereocenters. The first-order valence-electron chi connectivity index (χ1n) is 5.28. The molecule has 0 rings (SSSR count). The molecule has 0 radical (unpaired) electrons. The van der Waals surface area contributed by atoms with E-state index in [9.17, 15) is 4.79 Å². The van der Waals surface area contributed by atoms with Gasteiger partial charge in [0.15, 0.2) is 0 Å². The Labute approximate surface area is 99.6 Å². The molecule has 0 aromatic rings. The Balaban J connectivity index is 0. The average Bonchev–Trinajstić information content (AvgIpc) is 1.99. The topological polar surface area (TPSA) is 55.1 Å². The summed E-state index contributed by atoms with van der Waals surface area (Å²) in [6, 6.07) is 0. The molecular formula is C11H25ClN2O. The molecule has 0 aromatic carbocycles. The molecule has 0 fully saturated rings. The Kier molecular flexibility index (Phi) is 8.07. The van der Waals surface area contributed by atoms with Crippen LogP contribution >= 0.6 is 12.4 Å². The molecule has 0 aliphatic heterocycles. The van der Waals surface area contributed by atoms with Crippen LogP contribution in [0.5, 0.6) is 0 Å². The van der Waals surface area contributed by atoms with Crippen molar-refractivity contribution >= 4 is 18.3 Å². The molecule has 15 heavy (non-hydrogen) atoms. The number of rotatable bonds is 5. The van der Waals surface area contributed by atoms with Gasteiger partial charge in [0.25, 0.3) is 0 Å². The summed E-state index contributed by atoms with van der Waals surface area (Å²) >= 11 is 0. The zero-order valence-electron chi connectivity index (χ0n) is 10.5. The fourth-order valence-corrected chi connectivity index (χ4v) is 0.927. The van der Waals surface area contributed by atoms with Gasteiger partial charge in [-0.2, -0.15) is 0 Å². The third-order valence-corrected chi connectivity index (χ3v) is 2.39. The molecule has 92 valence electrons. The zero-order chi connectivity index (χ0) is 11.4. The molecule has 0 saturated carbocycles. The zero-order valence-corrected chi connectivity index (χ0v) is 11.3. The third-order valence-electron chi connectivity index (χ3n) is 2.39. The lowest BCUT2D eigenvalue weighted by Gasteiger charge is -2.20. The van der Waals surface area contributed by atoms with Crippen LogP contribution in [0.4, 0.5) is 0 Å². The van der Waals surface area contributed by atoms with Crippen molar-refractivity contribution in [3.8, 4) is 0 Å². The van der Waals surface area contributed by atoms with Crippen LogP contribution in [-0.2, 0) is 4.79 Å². The highest BCUT2D eigenvalue weighted by Crippen LogP contribution is 2.13. The molecule has 3 nitrogen and oxygen atoms in total. The maximum atomic E-state index is 11.4. The van der Waals surface area contributed by atoms with Crippen molar-refractivity contribution in [3.05, 3.63) is 0 Å². The lowest BCUT2D eigenvalue weighted by Crippen LogP contribution is -2.45. The standard InChI is InChI=1S/C11H24N2O.ClH/c1-8(2)9(3)6-10(14)13-7-11(4,5)12;/h8-9H,6-7,12H2,1-5H3,(H,13,14);1H. The largest absolute Gasteiger partial charge is 0.354 e. The number of hydrogen-bond donors (Lipinski definition) is 2. The Morgan fingerprint density at radius 3 is 2.13 bits per heavy atom. The number of nitrogens with one attached hydrogen (secondary N) is 1. The highest BCUT2D eigenvalue weighted by molar-refractivity contribution is 5.85. The minimum absolute atomic E-state index is 0. The molecule has 0 bridgehead atoms. The molecule has 0 spiro atoms. The van der Waals surface area contributed by atoms with Crippen LogP contribution in [0.1, 0.15) is 41.0 Å². The summed E-state index contributed by atoms with van der Waals surface area (Å²) in [5, 5.41) is 2.84. The van der Waals surface area contributed by atoms with Gasteiger partial charge in [-0.1, -0.05) is 20.8 Å². The molecular weight excluding hydrogens is 212 g/mol. The predicted molar refractivity (Wildman–Crippen MR) is 67.1 cm³/mol. The second-order valence-electron chi connectivity index (χ2n) is 5.19. The minimum Gasteiger partial charge on any atom is -0.354 e. The van der Waals surface area contributed by atoms with Gasteiger partial charge in [-0.05, 0) is 25.7 Å². The maximum absolute atomic E-state index is 11.4. The molecule has 0 saturated heterocycles. The van der Waals surface area contributed by atoms with E-state index in [4.69, 9.17) is 5.73 Å². The van der Waals surface area contributed by atoms with Crippen molar-refractivity contribution in [2.45, 2.75) is 46.6 Å². The SMILES string of the molecule is CC(C)C(C)CC(=O)NCC(C)(C)N.Cl. The van der Waals surface area contributed by atoms with Crippen LogP contribution in [-0.4, -0.2) is 18.0 Å². The molecule has 1 amide bonds. The van der Waals surface area contributed by atoms with Gasteiger partial charge < -0.3 is 11.1 Å². The first kappa shape index (κ1) is 17.1. The van der Waals surface area contributed by atoms with E-state index < -0.39 is 0 Å². The molecule has 0 heterocycles. The van der Waals surface area contributed by atoms with Crippen molar-refractivity contribution in [2.24, 2.45) is 17.6 Å². The van der Waals surface area contributed by atoms with E-state index in [1.807, 2.05) is 13.8 Å². The quantitative estimate of drug-likeness (QED) is 0.767. The fourth-order valence-electron chi connectivity index (χ4n) is 0.927. The minimum atomic E-state index is -0.323. The van der Waals surface area contributed by atoms with Crippen LogP contribution in [0, 0.1) is 11.8 Å². The molecule has 1 unspecified atom stereocenters. The highest BCUT2D eigenvalue weighted by Gasteiger charge is 2.15. The van der Waals surface area contributed by atoms with Crippen LogP contribution in [0.2, 0.25) is 0 Å². The van der Waals surface area contributed by atoms with Crippen LogP contribution in [0.3, 0.4) is 0 Å². The van der Waals surface area contributed by atoms with Crippen molar-refractivity contribution < 1.29 is 4.79 Å². The van der Waals surface area contributed by atoms with E-state index in [0.717, 1.165) is 0 Å². The van der Waals surface area contributed by atoms with E-state index in [-0.39, 0.29) is 23.9 Å². The summed E-state index contributed by atoms with van der Waals surface area (Å²) in [4.78, 5) is 11.4. The summed E-state index contributed by atoms with van der Waals surface area (Å²) in [6.07, 6.45) is 0.591. The summed E-state index contributed by atoms with van der Waals surface area (Å²) in [5.74, 6) is 1.08. The molecule has 0 aromatic heterocycles. The van der Waals surface area contributed by atoms with Gasteiger partial charge in [-0.15, -0.1) is 12.4 Å². The van der Waals surface area contributed by atoms with E-state index in [0.29, 0.717) is 24.8 Å². The lowest BCUT2D eigenvalue weighted by atomic mass is 9.94. The van der Waals surface area contributed by atoms with Gasteiger partial charge >= 0.3 is 0 Å². The van der Waals surface area contributed by atoms with Crippen LogP contribution in [0.25, 0.3) is 0 Å². The fraction of sp³-hybridized carbons (Fsp3) is 0.909. The first-order valence-corrected chi connectivity index (χ1v) is 5.28. The van der Waals surface area contributed by atoms with E-state index in [2.05, 4.69) is 26.1 Å². The number of amides is 1. The molecule has 0 aliphatic rings. The predicted octanol–water partition coefficient (Wildman–Crippen LogP) is 1.94. The van der Waals surface area contributed by atoms with Gasteiger partial charge in [0.05, 0.1) is 0 Å². The van der Waals surface area contributed by atoms with Crippen molar-refractivity contribution in [3.63, 3.8) is 0 Å². The Bertz CT molecular complexity index is 188. The van der Waals surface area contributed by atoms with Crippen LogP contribution in [0.15, 0.2) is 0 Å². The van der Waals surface area contributed by atoms with Gasteiger partial charge in [0, 0.05) is 18.5 Å². The Hall–Kier alpha value is -0.280. The summed E-state index contributed by atoms with van der Waals surface area (Å²) in [5.41, 5.74) is 5.44. The second kappa shape index (κ2) is 7.07. The molecule has 0 aliphatic carbocycles. The summed E-state index contributed by atoms with van der Waals surface area (Å²) in [6.45, 7) is 10.7. The number of halogens is 1. The number of carbonyl (C=O) groups excluding carboxylic acids is 1. The van der Waals surface area contributed by atoms with Crippen molar-refractivity contribution in [2.75, 3.05) is 6.54 Å². The summed E-state index contributed by atoms with van der Waals surface area (Å²) < 4.78 is 0. The van der Waals surface area contributed by atoms with E-state index >= 15 is 0 Å². The highest BCUT2D eigenvalue weighted by atomic mass is 35.5. The van der Waals surface area contributed by atoms with Crippen molar-refractivity contribution in [1.82, 2.24) is 5.32 Å². The maximum Gasteiger partial charge on any atom is 0.220 e. The number of carbonyl (C=O) groups is 1. The third kappa shape index (κ3) is 10.0. The normalized spacial score (nSPS) is 13.3. The number of nitrogens with two attached hydrogens (primary N) is 1. The van der Waals surface area contributed by atoms with E-state index in [1.54, 1.807) is 0 Å². The Morgan fingerprint density at radius 1 is 1.33 bits per heavy atom. The smallest absolute Gasteiger partial charge is 0.220 e. The monoisotopic (exact) mass is 236 g/mol. The first-order chi connectivity index (χ1) is 6.22. The molecule has 3 N–H and O–H groups in total. The van der Waals surface area contributed by atoms with Gasteiger partial charge in [0.1, 0.15) is 0 Å². The number of hydrogen-bond acceptors (Lipinski definition) is 2. The molecule has 4 heteroatoms.